The Kier molecular flexibility index (Phi) is 34.2. The molecule has 7 heteroatoms. The van der Waals surface area contributed by atoms with Crippen molar-refractivity contribution >= 4 is 17.8 Å². The number of amides is 2. The Morgan fingerprint density at radius 2 is 1.00 bits per heavy atom. The van der Waals surface area contributed by atoms with E-state index in [1.165, 1.54) is 135 Å². The van der Waals surface area contributed by atoms with E-state index >= 15 is 0 Å². The maximum absolute atomic E-state index is 12.9. The van der Waals surface area contributed by atoms with Crippen molar-refractivity contribution in [3.8, 4) is 0 Å². The third kappa shape index (κ3) is 33.3. The van der Waals surface area contributed by atoms with E-state index in [1.807, 2.05) is 0 Å². The summed E-state index contributed by atoms with van der Waals surface area (Å²) in [4.78, 5) is 29.5. The minimum Gasteiger partial charge on any atom is -0.370 e. The highest BCUT2D eigenvalue weighted by Gasteiger charge is 2.20. The molecule has 0 bridgehead atoms. The van der Waals surface area contributed by atoms with Crippen LogP contribution in [0.15, 0.2) is 17.1 Å². The molecule has 6 N–H and O–H groups in total. The lowest BCUT2D eigenvalue weighted by atomic mass is 10.0. The first kappa shape index (κ1) is 43.9. The fourth-order valence-electron chi connectivity index (χ4n) is 5.87. The van der Waals surface area contributed by atoms with Crippen LogP contribution in [-0.2, 0) is 9.59 Å². The van der Waals surface area contributed by atoms with Crippen LogP contribution >= 0.6 is 0 Å². The molecular formula is C39H77N5O2. The highest BCUT2D eigenvalue weighted by Crippen LogP contribution is 2.13. The van der Waals surface area contributed by atoms with Gasteiger partial charge in [-0.3, -0.25) is 14.6 Å². The number of hydrogen-bond donors (Lipinski definition) is 4. The molecule has 7 nitrogen and oxygen atoms in total. The zero-order chi connectivity index (χ0) is 33.8. The van der Waals surface area contributed by atoms with Crippen LogP contribution in [0.5, 0.6) is 0 Å². The maximum atomic E-state index is 12.9. The molecule has 46 heavy (non-hydrogen) atoms. The summed E-state index contributed by atoms with van der Waals surface area (Å²) < 4.78 is 0. The Labute approximate surface area is 285 Å². The van der Waals surface area contributed by atoms with E-state index in [2.05, 4.69) is 41.6 Å². The molecule has 0 rings (SSSR count). The lowest BCUT2D eigenvalue weighted by molar-refractivity contribution is -0.129. The number of carbonyl (C=O) groups is 2. The lowest BCUT2D eigenvalue weighted by Crippen LogP contribution is -2.47. The van der Waals surface area contributed by atoms with Crippen molar-refractivity contribution in [3.63, 3.8) is 0 Å². The number of nitrogens with one attached hydrogen (secondary N) is 2. The molecule has 1 atom stereocenters. The fourth-order valence-corrected chi connectivity index (χ4v) is 5.87. The second-order valence-electron chi connectivity index (χ2n) is 13.4. The predicted octanol–water partition coefficient (Wildman–Crippen LogP) is 9.77. The smallest absolute Gasteiger partial charge is 0.242 e. The number of nitrogens with two attached hydrogens (primary N) is 2. The minimum absolute atomic E-state index is 0.00110. The Bertz CT molecular complexity index is 736. The summed E-state index contributed by atoms with van der Waals surface area (Å²) in [6.45, 7) is 5.49. The number of carbonyl (C=O) groups excluding carboxylic acids is 2. The lowest BCUT2D eigenvalue weighted by Gasteiger charge is -2.18. The number of aliphatic imine (C=N–C) groups is 1. The molecule has 0 aliphatic rings. The van der Waals surface area contributed by atoms with E-state index < -0.39 is 6.04 Å². The number of guanidine groups is 1. The molecule has 0 aromatic heterocycles. The average Bonchev–Trinajstić information content (AvgIpc) is 3.04. The summed E-state index contributed by atoms with van der Waals surface area (Å²) >= 11 is 0. The van der Waals surface area contributed by atoms with Gasteiger partial charge >= 0.3 is 0 Å². The Balaban J connectivity index is 3.95. The van der Waals surface area contributed by atoms with Gasteiger partial charge < -0.3 is 22.1 Å². The van der Waals surface area contributed by atoms with Crippen molar-refractivity contribution in [2.24, 2.45) is 16.5 Å². The van der Waals surface area contributed by atoms with Gasteiger partial charge in [-0.1, -0.05) is 161 Å². The fraction of sp³-hybridized carbons (Fsp3) is 0.872. The molecule has 0 unspecified atom stereocenters. The summed E-state index contributed by atoms with van der Waals surface area (Å²) in [6.07, 6.45) is 39.8. The highest BCUT2D eigenvalue weighted by molar-refractivity contribution is 5.87. The monoisotopic (exact) mass is 648 g/mol. The standard InChI is InChI=1S/C39H77N5O2/c1-3-5-7-9-11-13-15-17-19-20-22-24-26-28-30-32-37(45)44-36(33-35-43-39(40)41)38(46)42-34-31-29-27-25-23-21-18-16-14-12-10-8-6-4-2/h17,19,36H,3-16,18,20-35H2,1-2H3,(H,42,46)(H,44,45)(H4,40,41,43)/t36-/m0/s1. The van der Waals surface area contributed by atoms with Gasteiger partial charge in [-0.15, -0.1) is 0 Å². The van der Waals surface area contributed by atoms with Gasteiger partial charge in [-0.2, -0.15) is 0 Å². The average molecular weight is 648 g/mol. The maximum Gasteiger partial charge on any atom is 0.242 e. The van der Waals surface area contributed by atoms with Gasteiger partial charge in [0, 0.05) is 19.5 Å². The first-order chi connectivity index (χ1) is 22.5. The van der Waals surface area contributed by atoms with Gasteiger partial charge in [-0.25, -0.2) is 0 Å². The summed E-state index contributed by atoms with van der Waals surface area (Å²) in [7, 11) is 0. The summed E-state index contributed by atoms with van der Waals surface area (Å²) in [5, 5.41) is 5.95. The van der Waals surface area contributed by atoms with Crippen molar-refractivity contribution in [1.82, 2.24) is 10.6 Å². The largest absolute Gasteiger partial charge is 0.370 e. The zero-order valence-corrected chi connectivity index (χ0v) is 30.6. The van der Waals surface area contributed by atoms with Crippen molar-refractivity contribution < 1.29 is 9.59 Å². The number of allylic oxidation sites excluding steroid dienone is 2. The predicted molar refractivity (Wildman–Crippen MR) is 200 cm³/mol. The molecule has 0 aromatic carbocycles. The molecule has 0 saturated heterocycles. The molecule has 0 aromatic rings. The second-order valence-corrected chi connectivity index (χ2v) is 13.4. The number of rotatable bonds is 35. The first-order valence-electron chi connectivity index (χ1n) is 19.8. The van der Waals surface area contributed by atoms with Crippen LogP contribution in [0.3, 0.4) is 0 Å². The van der Waals surface area contributed by atoms with Crippen molar-refractivity contribution in [3.05, 3.63) is 12.2 Å². The SMILES string of the molecule is CCCCCCCCC=CCCCCCCCC(=O)N[C@@H](CCN=C(N)N)C(=O)NCCCCCCCCCCCCCCCC. The van der Waals surface area contributed by atoms with Gasteiger partial charge in [0.2, 0.25) is 11.8 Å². The van der Waals surface area contributed by atoms with Crippen molar-refractivity contribution in [1.29, 1.82) is 0 Å². The molecular weight excluding hydrogens is 570 g/mol. The van der Waals surface area contributed by atoms with Crippen LogP contribution in [0.2, 0.25) is 0 Å². The van der Waals surface area contributed by atoms with Gasteiger partial charge in [0.25, 0.3) is 0 Å². The number of nitrogens with zero attached hydrogens (tertiary/aromatic N) is 1. The highest BCUT2D eigenvalue weighted by atomic mass is 16.2. The molecule has 270 valence electrons. The third-order valence-electron chi connectivity index (χ3n) is 8.86. The molecule has 0 fully saturated rings. The van der Waals surface area contributed by atoms with E-state index in [0.717, 1.165) is 38.5 Å². The zero-order valence-electron chi connectivity index (χ0n) is 30.6. The van der Waals surface area contributed by atoms with Crippen LogP contribution in [0.4, 0.5) is 0 Å². The summed E-state index contributed by atoms with van der Waals surface area (Å²) in [6, 6.07) is -0.606. The number of hydrogen-bond acceptors (Lipinski definition) is 3. The Morgan fingerprint density at radius 1 is 0.587 bits per heavy atom. The van der Waals surface area contributed by atoms with Gasteiger partial charge in [0.15, 0.2) is 5.96 Å². The topological polar surface area (TPSA) is 123 Å². The van der Waals surface area contributed by atoms with Crippen LogP contribution < -0.4 is 22.1 Å². The van der Waals surface area contributed by atoms with E-state index in [9.17, 15) is 9.59 Å². The third-order valence-corrected chi connectivity index (χ3v) is 8.86. The van der Waals surface area contributed by atoms with Crippen LogP contribution in [0, 0.1) is 0 Å². The van der Waals surface area contributed by atoms with Crippen molar-refractivity contribution in [2.45, 2.75) is 206 Å². The van der Waals surface area contributed by atoms with E-state index in [0.29, 0.717) is 25.9 Å². The number of unbranched alkanes of at least 4 members (excludes halogenated alkanes) is 24. The van der Waals surface area contributed by atoms with Gasteiger partial charge in [0.05, 0.1) is 0 Å². The van der Waals surface area contributed by atoms with Crippen molar-refractivity contribution in [2.75, 3.05) is 13.1 Å². The van der Waals surface area contributed by atoms with Gasteiger partial charge in [-0.05, 0) is 44.9 Å². The molecule has 0 saturated carbocycles. The molecule has 0 heterocycles. The summed E-state index contributed by atoms with van der Waals surface area (Å²) in [5.74, 6) is -0.210. The quantitative estimate of drug-likeness (QED) is 0.0237. The normalized spacial score (nSPS) is 12.0. The van der Waals surface area contributed by atoms with E-state index in [1.54, 1.807) is 0 Å². The van der Waals surface area contributed by atoms with E-state index in [4.69, 9.17) is 11.5 Å². The Morgan fingerprint density at radius 3 is 1.46 bits per heavy atom. The summed E-state index contributed by atoms with van der Waals surface area (Å²) in [5.41, 5.74) is 10.9. The van der Waals surface area contributed by atoms with Crippen LogP contribution in [-0.4, -0.2) is 36.9 Å². The molecule has 0 aliphatic carbocycles. The first-order valence-corrected chi connectivity index (χ1v) is 19.8. The van der Waals surface area contributed by atoms with Crippen LogP contribution in [0.25, 0.3) is 0 Å². The second kappa shape index (κ2) is 35.8. The van der Waals surface area contributed by atoms with Crippen LogP contribution in [0.1, 0.15) is 200 Å². The minimum atomic E-state index is -0.606. The van der Waals surface area contributed by atoms with E-state index in [-0.39, 0.29) is 17.8 Å². The van der Waals surface area contributed by atoms with Gasteiger partial charge in [0.1, 0.15) is 6.04 Å². The molecule has 0 radical (unpaired) electrons. The molecule has 0 spiro atoms. The Hall–Kier alpha value is -2.05. The molecule has 0 aliphatic heterocycles. The molecule has 2 amide bonds.